The van der Waals surface area contributed by atoms with Gasteiger partial charge >= 0.3 is 0 Å². The van der Waals surface area contributed by atoms with E-state index < -0.39 is 10.0 Å². The highest BCUT2D eigenvalue weighted by Gasteiger charge is 2.34. The molecule has 1 fully saturated rings. The van der Waals surface area contributed by atoms with Gasteiger partial charge in [-0.25, -0.2) is 13.6 Å². The number of nitrogens with zero attached hydrogens (tertiary/aromatic N) is 3. The van der Waals surface area contributed by atoms with Crippen molar-refractivity contribution in [1.29, 1.82) is 0 Å². The fraction of sp³-hybridized carbons (Fsp3) is 0.333. The summed E-state index contributed by atoms with van der Waals surface area (Å²) in [6.07, 6.45) is 1.83. The number of halogens is 2. The van der Waals surface area contributed by atoms with Crippen molar-refractivity contribution in [2.45, 2.75) is 24.0 Å². The van der Waals surface area contributed by atoms with Crippen molar-refractivity contribution in [2.75, 3.05) is 0 Å². The lowest BCUT2D eigenvalue weighted by atomic mass is 10.3. The van der Waals surface area contributed by atoms with E-state index in [1.807, 2.05) is 6.07 Å². The van der Waals surface area contributed by atoms with Crippen LogP contribution in [0.15, 0.2) is 18.8 Å². The first-order chi connectivity index (χ1) is 8.88. The quantitative estimate of drug-likeness (QED) is 0.814. The van der Waals surface area contributed by atoms with Crippen LogP contribution in [-0.4, -0.2) is 23.2 Å². The summed E-state index contributed by atoms with van der Waals surface area (Å²) in [7, 11) is -3.87. The zero-order valence-corrected chi connectivity index (χ0v) is 14.2. The zero-order chi connectivity index (χ0) is 13.8. The van der Waals surface area contributed by atoms with E-state index in [9.17, 15) is 8.42 Å². The molecule has 10 heteroatoms. The second kappa shape index (κ2) is 4.62. The van der Waals surface area contributed by atoms with E-state index in [4.69, 9.17) is 5.14 Å². The molecule has 0 aromatic carbocycles. The second-order valence-electron chi connectivity index (χ2n) is 4.19. The van der Waals surface area contributed by atoms with Crippen molar-refractivity contribution in [3.05, 3.63) is 13.6 Å². The van der Waals surface area contributed by atoms with Crippen LogP contribution in [-0.2, 0) is 10.0 Å². The highest BCUT2D eigenvalue weighted by Crippen LogP contribution is 2.43. The molecule has 102 valence electrons. The van der Waals surface area contributed by atoms with E-state index in [0.717, 1.165) is 26.0 Å². The smallest absolute Gasteiger partial charge is 0.273 e. The highest BCUT2D eigenvalue weighted by molar-refractivity contribution is 9.12. The molecule has 3 rings (SSSR count). The lowest BCUT2D eigenvalue weighted by Gasteiger charge is -2.06. The van der Waals surface area contributed by atoms with Gasteiger partial charge in [-0.1, -0.05) is 0 Å². The number of hydrogen-bond donors (Lipinski definition) is 1. The van der Waals surface area contributed by atoms with Gasteiger partial charge in [-0.3, -0.25) is 4.57 Å². The third kappa shape index (κ3) is 2.51. The van der Waals surface area contributed by atoms with Crippen LogP contribution < -0.4 is 5.14 Å². The Hall–Kier alpha value is -0.290. The number of sulfonamides is 1. The number of thiophene rings is 1. The molecule has 0 spiro atoms. The van der Waals surface area contributed by atoms with Gasteiger partial charge in [0.2, 0.25) is 0 Å². The molecule has 0 radical (unpaired) electrons. The minimum absolute atomic E-state index is 0.115. The second-order valence-corrected chi connectivity index (χ2v) is 9.39. The van der Waals surface area contributed by atoms with Crippen molar-refractivity contribution < 1.29 is 8.42 Å². The fourth-order valence-electron chi connectivity index (χ4n) is 1.81. The zero-order valence-electron chi connectivity index (χ0n) is 9.38. The average Bonchev–Trinajstić information content (AvgIpc) is 2.93. The molecule has 19 heavy (non-hydrogen) atoms. The molecular weight excluding hydrogens is 420 g/mol. The van der Waals surface area contributed by atoms with E-state index in [-0.39, 0.29) is 11.2 Å². The van der Waals surface area contributed by atoms with Crippen LogP contribution in [0.5, 0.6) is 0 Å². The Labute approximate surface area is 130 Å². The van der Waals surface area contributed by atoms with Gasteiger partial charge in [-0.05, 0) is 50.8 Å². The Morgan fingerprint density at radius 2 is 2.05 bits per heavy atom. The van der Waals surface area contributed by atoms with Gasteiger partial charge < -0.3 is 0 Å². The average molecular weight is 428 g/mol. The molecule has 1 aliphatic carbocycles. The van der Waals surface area contributed by atoms with Gasteiger partial charge in [0, 0.05) is 11.6 Å². The molecular formula is C9H8Br2N4O2S2. The molecule has 1 saturated carbocycles. The van der Waals surface area contributed by atoms with Crippen molar-refractivity contribution in [1.82, 2.24) is 14.8 Å². The third-order valence-corrected chi connectivity index (χ3v) is 5.86. The maximum atomic E-state index is 11.6. The van der Waals surface area contributed by atoms with Crippen LogP contribution in [0, 0.1) is 0 Å². The summed E-state index contributed by atoms with van der Waals surface area (Å²) in [6.45, 7) is 0. The topological polar surface area (TPSA) is 90.9 Å². The van der Waals surface area contributed by atoms with Crippen molar-refractivity contribution in [2.24, 2.45) is 5.14 Å². The minimum Gasteiger partial charge on any atom is -0.294 e. The molecule has 2 aromatic heterocycles. The summed E-state index contributed by atoms with van der Waals surface area (Å²) < 4.78 is 26.5. The van der Waals surface area contributed by atoms with E-state index in [2.05, 4.69) is 42.1 Å². The van der Waals surface area contributed by atoms with Gasteiger partial charge in [0.25, 0.3) is 15.2 Å². The Balaban J connectivity index is 2.23. The summed E-state index contributed by atoms with van der Waals surface area (Å²) in [5.41, 5.74) is 0.811. The van der Waals surface area contributed by atoms with Crippen molar-refractivity contribution >= 4 is 53.2 Å². The van der Waals surface area contributed by atoms with Crippen molar-refractivity contribution in [3.8, 4) is 11.4 Å². The normalized spacial score (nSPS) is 15.9. The van der Waals surface area contributed by atoms with E-state index in [0.29, 0.717) is 5.82 Å². The van der Waals surface area contributed by atoms with Crippen molar-refractivity contribution in [3.63, 3.8) is 0 Å². The number of rotatable bonds is 3. The van der Waals surface area contributed by atoms with E-state index in [1.165, 1.54) is 11.3 Å². The first-order valence-corrected chi connectivity index (χ1v) is 9.25. The Bertz CT molecular complexity index is 748. The predicted octanol–water partition coefficient (Wildman–Crippen LogP) is 2.51. The van der Waals surface area contributed by atoms with Crippen LogP contribution in [0.25, 0.3) is 11.4 Å². The van der Waals surface area contributed by atoms with Gasteiger partial charge in [-0.2, -0.15) is 0 Å². The number of primary sulfonamides is 1. The SMILES string of the molecule is NS(=O)(=O)c1nnc(-c2cc(Br)sc2Br)n1C1CC1. The molecule has 2 heterocycles. The molecule has 0 saturated heterocycles. The lowest BCUT2D eigenvalue weighted by Crippen LogP contribution is -2.18. The predicted molar refractivity (Wildman–Crippen MR) is 78.4 cm³/mol. The Morgan fingerprint density at radius 3 is 2.53 bits per heavy atom. The highest BCUT2D eigenvalue weighted by atomic mass is 79.9. The lowest BCUT2D eigenvalue weighted by molar-refractivity contribution is 0.567. The van der Waals surface area contributed by atoms with Gasteiger partial charge in [0.05, 0.1) is 7.57 Å². The summed E-state index contributed by atoms with van der Waals surface area (Å²) in [6, 6.07) is 1.99. The maximum absolute atomic E-state index is 11.6. The van der Waals surface area contributed by atoms with Crippen LogP contribution in [0.4, 0.5) is 0 Å². The standard InChI is InChI=1S/C9H8Br2N4O2S2/c10-6-3-5(7(11)18-6)8-13-14-9(19(12,16)17)15(8)4-1-2-4/h3-4H,1-2H2,(H2,12,16,17). The summed E-state index contributed by atoms with van der Waals surface area (Å²) in [5.74, 6) is 0.528. The molecule has 0 aliphatic heterocycles. The van der Waals surface area contributed by atoms with Gasteiger partial charge in [-0.15, -0.1) is 21.5 Å². The van der Waals surface area contributed by atoms with Crippen LogP contribution in [0.1, 0.15) is 18.9 Å². The van der Waals surface area contributed by atoms with Gasteiger partial charge in [0.1, 0.15) is 0 Å². The molecule has 1 aliphatic rings. The first-order valence-electron chi connectivity index (χ1n) is 5.31. The molecule has 0 bridgehead atoms. The number of hydrogen-bond acceptors (Lipinski definition) is 5. The fourth-order valence-corrected chi connectivity index (χ4v) is 5.26. The minimum atomic E-state index is -3.87. The number of aromatic nitrogens is 3. The molecule has 2 aromatic rings. The Kier molecular flexibility index (Phi) is 3.33. The molecule has 6 nitrogen and oxygen atoms in total. The largest absolute Gasteiger partial charge is 0.294 e. The molecule has 0 amide bonds. The van der Waals surface area contributed by atoms with E-state index >= 15 is 0 Å². The number of nitrogens with two attached hydrogens (primary N) is 1. The molecule has 0 unspecified atom stereocenters. The maximum Gasteiger partial charge on any atom is 0.273 e. The monoisotopic (exact) mass is 426 g/mol. The third-order valence-electron chi connectivity index (χ3n) is 2.73. The van der Waals surface area contributed by atoms with Crippen LogP contribution >= 0.6 is 43.2 Å². The van der Waals surface area contributed by atoms with Crippen LogP contribution in [0.3, 0.4) is 0 Å². The van der Waals surface area contributed by atoms with E-state index in [1.54, 1.807) is 4.57 Å². The molecule has 2 N–H and O–H groups in total. The summed E-state index contributed by atoms with van der Waals surface area (Å²) in [4.78, 5) is 0. The van der Waals surface area contributed by atoms with Gasteiger partial charge in [0.15, 0.2) is 5.82 Å². The molecule has 0 atom stereocenters. The summed E-state index contributed by atoms with van der Waals surface area (Å²) >= 11 is 8.33. The Morgan fingerprint density at radius 1 is 1.37 bits per heavy atom. The van der Waals surface area contributed by atoms with Crippen LogP contribution in [0.2, 0.25) is 0 Å². The first kappa shape index (κ1) is 13.7. The summed E-state index contributed by atoms with van der Waals surface area (Å²) in [5, 5.41) is 12.8.